The molecule has 8 heteroatoms. The Bertz CT molecular complexity index is 680. The van der Waals surface area contributed by atoms with Crippen LogP contribution in [0.4, 0.5) is 5.82 Å². The topological polar surface area (TPSA) is 136 Å². The van der Waals surface area contributed by atoms with Gasteiger partial charge in [0.25, 0.3) is 0 Å². The van der Waals surface area contributed by atoms with Crippen molar-refractivity contribution >= 4 is 22.9 Å². The zero-order chi connectivity index (χ0) is 13.7. The summed E-state index contributed by atoms with van der Waals surface area (Å²) in [7, 11) is 0. The van der Waals surface area contributed by atoms with Crippen molar-refractivity contribution in [2.45, 2.75) is 0 Å². The lowest BCUT2D eigenvalue weighted by Crippen LogP contribution is -2.10. The van der Waals surface area contributed by atoms with E-state index in [1.165, 1.54) is 18.9 Å². The highest BCUT2D eigenvalue weighted by atomic mass is 16.1. The number of nitrogens with one attached hydrogen (secondary N) is 1. The number of amides is 1. The molecule has 1 amide bonds. The van der Waals surface area contributed by atoms with Gasteiger partial charge in [0.1, 0.15) is 11.8 Å². The Balaban J connectivity index is 0.000000141. The summed E-state index contributed by atoms with van der Waals surface area (Å²) in [4.78, 5) is 28.5. The molecule has 0 aliphatic carbocycles. The monoisotopic (exact) mass is 257 g/mol. The number of H-pyrrole nitrogens is 1. The van der Waals surface area contributed by atoms with Crippen molar-refractivity contribution in [3.05, 3.63) is 42.7 Å². The molecule has 19 heavy (non-hydrogen) atoms. The lowest BCUT2D eigenvalue weighted by Gasteiger charge is -1.89. The van der Waals surface area contributed by atoms with Crippen molar-refractivity contribution in [2.75, 3.05) is 5.73 Å². The lowest BCUT2D eigenvalue weighted by atomic mass is 10.3. The third-order valence-corrected chi connectivity index (χ3v) is 2.20. The van der Waals surface area contributed by atoms with E-state index in [0.717, 1.165) is 0 Å². The van der Waals surface area contributed by atoms with E-state index >= 15 is 0 Å². The number of fused-ring (bicyclic) bond motifs is 1. The van der Waals surface area contributed by atoms with Gasteiger partial charge in [-0.25, -0.2) is 15.0 Å². The zero-order valence-corrected chi connectivity index (χ0v) is 9.82. The third-order valence-electron chi connectivity index (χ3n) is 2.20. The van der Waals surface area contributed by atoms with Crippen molar-refractivity contribution < 1.29 is 4.79 Å². The number of aromatic amines is 1. The number of hydrogen-bond acceptors (Lipinski definition) is 6. The van der Waals surface area contributed by atoms with Gasteiger partial charge in [-0.15, -0.1) is 0 Å². The lowest BCUT2D eigenvalue weighted by molar-refractivity contribution is 0.1000. The SMILES string of the molecule is NC(=O)c1cccnc1.Nc1ncnc2nc[nH]c12. The normalized spacial score (nSPS) is 9.68. The highest BCUT2D eigenvalue weighted by molar-refractivity contribution is 5.92. The number of carbonyl (C=O) groups is 1. The second-order valence-corrected chi connectivity index (χ2v) is 3.47. The first-order valence-corrected chi connectivity index (χ1v) is 5.28. The molecule has 96 valence electrons. The Morgan fingerprint density at radius 1 is 1.26 bits per heavy atom. The molecule has 3 rings (SSSR count). The maximum atomic E-state index is 10.4. The number of primary amides is 1. The maximum absolute atomic E-state index is 10.4. The molecule has 3 aromatic rings. The molecular weight excluding hydrogens is 246 g/mol. The standard InChI is InChI=1S/C6H6N2O.C5H5N5/c7-6(9)5-2-1-3-8-4-5;6-4-3-5(9-1-7-3)10-2-8-4/h1-4H,(H2,7,9);1-2H,(H3,6,7,8,9,10). The van der Waals surface area contributed by atoms with Crippen LogP contribution in [0, 0.1) is 0 Å². The molecule has 0 spiro atoms. The average molecular weight is 257 g/mol. The smallest absolute Gasteiger partial charge is 0.250 e. The van der Waals surface area contributed by atoms with Gasteiger partial charge in [-0.05, 0) is 12.1 Å². The molecule has 0 radical (unpaired) electrons. The molecule has 0 saturated carbocycles. The number of nitrogens with two attached hydrogens (primary N) is 2. The van der Waals surface area contributed by atoms with Gasteiger partial charge in [-0.1, -0.05) is 0 Å². The van der Waals surface area contributed by atoms with Crippen molar-refractivity contribution in [2.24, 2.45) is 5.73 Å². The van der Waals surface area contributed by atoms with Crippen LogP contribution in [-0.2, 0) is 0 Å². The molecule has 8 nitrogen and oxygen atoms in total. The Hall–Kier alpha value is -3.03. The van der Waals surface area contributed by atoms with Gasteiger partial charge in [-0.3, -0.25) is 9.78 Å². The highest BCUT2D eigenvalue weighted by Gasteiger charge is 1.99. The van der Waals surface area contributed by atoms with Crippen molar-refractivity contribution in [1.29, 1.82) is 0 Å². The molecule has 0 aromatic carbocycles. The Labute approximate surface area is 107 Å². The Kier molecular flexibility index (Phi) is 3.62. The fourth-order valence-corrected chi connectivity index (χ4v) is 1.29. The van der Waals surface area contributed by atoms with Gasteiger partial charge in [-0.2, -0.15) is 0 Å². The summed E-state index contributed by atoms with van der Waals surface area (Å²) in [6.07, 6.45) is 5.95. The number of pyridine rings is 1. The van der Waals surface area contributed by atoms with Crippen LogP contribution in [0.1, 0.15) is 10.4 Å². The largest absolute Gasteiger partial charge is 0.382 e. The van der Waals surface area contributed by atoms with Crippen LogP contribution < -0.4 is 11.5 Å². The van der Waals surface area contributed by atoms with E-state index in [-0.39, 0.29) is 0 Å². The third kappa shape index (κ3) is 3.00. The second-order valence-electron chi connectivity index (χ2n) is 3.47. The predicted octanol–water partition coefficient (Wildman–Crippen LogP) is 0.116. The van der Waals surface area contributed by atoms with Gasteiger partial charge in [0, 0.05) is 12.4 Å². The predicted molar refractivity (Wildman–Crippen MR) is 68.9 cm³/mol. The van der Waals surface area contributed by atoms with Crippen molar-refractivity contribution in [3.8, 4) is 0 Å². The Morgan fingerprint density at radius 3 is 2.68 bits per heavy atom. The zero-order valence-electron chi connectivity index (χ0n) is 9.82. The number of aromatic nitrogens is 5. The molecule has 0 aliphatic rings. The van der Waals surface area contributed by atoms with Crippen LogP contribution >= 0.6 is 0 Å². The second kappa shape index (κ2) is 5.54. The number of carbonyl (C=O) groups excluding carboxylic acids is 1. The number of rotatable bonds is 1. The summed E-state index contributed by atoms with van der Waals surface area (Å²) in [6.45, 7) is 0. The van der Waals surface area contributed by atoms with Crippen molar-refractivity contribution in [3.63, 3.8) is 0 Å². The summed E-state index contributed by atoms with van der Waals surface area (Å²) in [5, 5.41) is 0. The van der Waals surface area contributed by atoms with E-state index in [1.807, 2.05) is 0 Å². The van der Waals surface area contributed by atoms with E-state index in [1.54, 1.807) is 18.3 Å². The molecule has 0 fully saturated rings. The molecule has 5 N–H and O–H groups in total. The summed E-state index contributed by atoms with van der Waals surface area (Å²) in [6, 6.07) is 3.29. The first-order chi connectivity index (χ1) is 9.18. The number of imidazole rings is 1. The van der Waals surface area contributed by atoms with E-state index < -0.39 is 5.91 Å². The summed E-state index contributed by atoms with van der Waals surface area (Å²) >= 11 is 0. The molecule has 0 atom stereocenters. The molecule has 0 aliphatic heterocycles. The Morgan fingerprint density at radius 2 is 2.11 bits per heavy atom. The van der Waals surface area contributed by atoms with Gasteiger partial charge >= 0.3 is 0 Å². The van der Waals surface area contributed by atoms with Gasteiger partial charge < -0.3 is 16.5 Å². The molecule has 3 aromatic heterocycles. The molecular formula is C11H11N7O. The first-order valence-electron chi connectivity index (χ1n) is 5.28. The average Bonchev–Trinajstić information content (AvgIpc) is 2.90. The van der Waals surface area contributed by atoms with Gasteiger partial charge in [0.2, 0.25) is 5.91 Å². The molecule has 0 saturated heterocycles. The van der Waals surface area contributed by atoms with E-state index in [0.29, 0.717) is 22.5 Å². The van der Waals surface area contributed by atoms with Crippen LogP contribution in [0.2, 0.25) is 0 Å². The number of hydrogen-bond donors (Lipinski definition) is 3. The minimum atomic E-state index is -0.442. The molecule has 0 bridgehead atoms. The van der Waals surface area contributed by atoms with Crippen LogP contribution in [0.5, 0.6) is 0 Å². The number of nitrogen functional groups attached to an aromatic ring is 1. The number of nitrogens with zero attached hydrogens (tertiary/aromatic N) is 4. The fourth-order valence-electron chi connectivity index (χ4n) is 1.29. The minimum Gasteiger partial charge on any atom is -0.382 e. The minimum absolute atomic E-state index is 0.433. The van der Waals surface area contributed by atoms with Crippen LogP contribution in [0.15, 0.2) is 37.2 Å². The highest BCUT2D eigenvalue weighted by Crippen LogP contribution is 2.09. The van der Waals surface area contributed by atoms with Crippen LogP contribution in [0.3, 0.4) is 0 Å². The van der Waals surface area contributed by atoms with E-state index in [4.69, 9.17) is 11.5 Å². The molecule has 0 unspecified atom stereocenters. The quantitative estimate of drug-likeness (QED) is 0.566. The number of anilines is 1. The first kappa shape index (κ1) is 12.4. The van der Waals surface area contributed by atoms with Gasteiger partial charge in [0.05, 0.1) is 11.9 Å². The van der Waals surface area contributed by atoms with Crippen LogP contribution in [-0.4, -0.2) is 30.8 Å². The van der Waals surface area contributed by atoms with Gasteiger partial charge in [0.15, 0.2) is 11.5 Å². The van der Waals surface area contributed by atoms with Crippen molar-refractivity contribution in [1.82, 2.24) is 24.9 Å². The summed E-state index contributed by atoms with van der Waals surface area (Å²) < 4.78 is 0. The molecule has 3 heterocycles. The summed E-state index contributed by atoms with van der Waals surface area (Å²) in [5.74, 6) is -0.00870. The fraction of sp³-hybridized carbons (Fsp3) is 0. The summed E-state index contributed by atoms with van der Waals surface area (Å²) in [5.41, 5.74) is 12.2. The van der Waals surface area contributed by atoms with E-state index in [9.17, 15) is 4.79 Å². The van der Waals surface area contributed by atoms with E-state index in [2.05, 4.69) is 24.9 Å². The van der Waals surface area contributed by atoms with Crippen LogP contribution in [0.25, 0.3) is 11.2 Å². The maximum Gasteiger partial charge on any atom is 0.250 e.